The van der Waals surface area contributed by atoms with E-state index in [0.717, 1.165) is 37.3 Å². The highest BCUT2D eigenvalue weighted by atomic mass is 16.2. The van der Waals surface area contributed by atoms with Crippen molar-refractivity contribution >= 4 is 5.91 Å². The summed E-state index contributed by atoms with van der Waals surface area (Å²) in [6, 6.07) is 4.99. The molecule has 0 bridgehead atoms. The molecule has 0 radical (unpaired) electrons. The van der Waals surface area contributed by atoms with Gasteiger partial charge < -0.3 is 4.90 Å². The Kier molecular flexibility index (Phi) is 3.79. The molecule has 1 amide bonds. The molecular weight excluding hydrogens is 282 g/mol. The third-order valence-electron chi connectivity index (χ3n) is 3.82. The van der Waals surface area contributed by atoms with Gasteiger partial charge in [-0.25, -0.2) is 9.36 Å². The van der Waals surface area contributed by atoms with Crippen LogP contribution in [0.25, 0.3) is 5.82 Å². The Morgan fingerprint density at radius 1 is 1.18 bits per heavy atom. The maximum absolute atomic E-state index is 12.2. The van der Waals surface area contributed by atoms with Crippen LogP contribution >= 0.6 is 0 Å². The Morgan fingerprint density at radius 3 is 2.55 bits per heavy atom. The van der Waals surface area contributed by atoms with Crippen molar-refractivity contribution in [1.29, 1.82) is 0 Å². The van der Waals surface area contributed by atoms with Gasteiger partial charge in [0.05, 0.1) is 5.69 Å². The fourth-order valence-corrected chi connectivity index (χ4v) is 2.72. The predicted octanol–water partition coefficient (Wildman–Crippen LogP) is 0.668. The van der Waals surface area contributed by atoms with Gasteiger partial charge in [0.15, 0.2) is 5.82 Å². The summed E-state index contributed by atoms with van der Waals surface area (Å²) >= 11 is 0. The molecule has 2 aromatic rings. The molecule has 1 aliphatic heterocycles. The SMILES string of the molecule is Cc1cc(C)n(-c2ccc(=O)n(CC(=O)N3CCCC3)n2)n1. The summed E-state index contributed by atoms with van der Waals surface area (Å²) in [5.74, 6) is 0.483. The third-order valence-corrected chi connectivity index (χ3v) is 3.82. The summed E-state index contributed by atoms with van der Waals surface area (Å²) in [7, 11) is 0. The third kappa shape index (κ3) is 2.79. The molecular formula is C15H19N5O2. The molecule has 0 aliphatic carbocycles. The van der Waals surface area contributed by atoms with Crippen molar-refractivity contribution in [3.8, 4) is 5.82 Å². The highest BCUT2D eigenvalue weighted by molar-refractivity contribution is 5.76. The Balaban J connectivity index is 1.88. The molecule has 3 rings (SSSR count). The number of aryl methyl sites for hydroxylation is 2. The second-order valence-electron chi connectivity index (χ2n) is 5.61. The molecule has 3 heterocycles. The number of carbonyl (C=O) groups excluding carboxylic acids is 1. The van der Waals surface area contributed by atoms with E-state index in [1.54, 1.807) is 15.6 Å². The maximum atomic E-state index is 12.2. The highest BCUT2D eigenvalue weighted by Crippen LogP contribution is 2.09. The Labute approximate surface area is 128 Å². The number of likely N-dealkylation sites (tertiary alicyclic amines) is 1. The van der Waals surface area contributed by atoms with Crippen LogP contribution in [0.1, 0.15) is 24.2 Å². The molecule has 0 unspecified atom stereocenters. The van der Waals surface area contributed by atoms with Crippen molar-refractivity contribution in [2.24, 2.45) is 0 Å². The number of nitrogens with zero attached hydrogens (tertiary/aromatic N) is 5. The molecule has 0 aromatic carbocycles. The number of carbonyl (C=O) groups is 1. The van der Waals surface area contributed by atoms with Crippen molar-refractivity contribution in [1.82, 2.24) is 24.5 Å². The smallest absolute Gasteiger partial charge is 0.267 e. The molecule has 0 spiro atoms. The Morgan fingerprint density at radius 2 is 1.91 bits per heavy atom. The van der Waals surface area contributed by atoms with Crippen LogP contribution in [-0.4, -0.2) is 43.5 Å². The van der Waals surface area contributed by atoms with Gasteiger partial charge in [-0.05, 0) is 38.8 Å². The van der Waals surface area contributed by atoms with Gasteiger partial charge in [-0.15, -0.1) is 5.10 Å². The normalized spacial score (nSPS) is 14.5. The lowest BCUT2D eigenvalue weighted by molar-refractivity contribution is -0.131. The number of hydrogen-bond acceptors (Lipinski definition) is 4. The van der Waals surface area contributed by atoms with E-state index in [9.17, 15) is 9.59 Å². The molecule has 22 heavy (non-hydrogen) atoms. The van der Waals surface area contributed by atoms with Crippen LogP contribution in [0.4, 0.5) is 0 Å². The Hall–Kier alpha value is -2.44. The van der Waals surface area contributed by atoms with Gasteiger partial charge in [-0.1, -0.05) is 0 Å². The molecule has 0 saturated carbocycles. The monoisotopic (exact) mass is 301 g/mol. The zero-order chi connectivity index (χ0) is 15.7. The van der Waals surface area contributed by atoms with Crippen LogP contribution < -0.4 is 5.56 Å². The van der Waals surface area contributed by atoms with Crippen LogP contribution in [0.2, 0.25) is 0 Å². The van der Waals surface area contributed by atoms with E-state index in [4.69, 9.17) is 0 Å². The van der Waals surface area contributed by atoms with E-state index in [0.29, 0.717) is 5.82 Å². The van der Waals surface area contributed by atoms with Crippen LogP contribution in [0.15, 0.2) is 23.0 Å². The summed E-state index contributed by atoms with van der Waals surface area (Å²) in [6.45, 7) is 5.34. The lowest BCUT2D eigenvalue weighted by atomic mass is 10.4. The number of amides is 1. The summed E-state index contributed by atoms with van der Waals surface area (Å²) in [4.78, 5) is 25.9. The van der Waals surface area contributed by atoms with Crippen LogP contribution in [-0.2, 0) is 11.3 Å². The van der Waals surface area contributed by atoms with E-state index in [-0.39, 0.29) is 18.0 Å². The molecule has 1 saturated heterocycles. The van der Waals surface area contributed by atoms with Crippen molar-refractivity contribution in [2.45, 2.75) is 33.2 Å². The standard InChI is InChI=1S/C15H19N5O2/c1-11-9-12(2)20(16-11)13-5-6-14(21)19(17-13)10-15(22)18-7-3-4-8-18/h5-6,9H,3-4,7-8,10H2,1-2H3. The number of hydrogen-bond donors (Lipinski definition) is 0. The molecule has 116 valence electrons. The molecule has 0 atom stereocenters. The Bertz CT molecular complexity index is 756. The fourth-order valence-electron chi connectivity index (χ4n) is 2.72. The first-order chi connectivity index (χ1) is 10.5. The van der Waals surface area contributed by atoms with Crippen molar-refractivity contribution in [3.05, 3.63) is 39.9 Å². The summed E-state index contributed by atoms with van der Waals surface area (Å²) < 4.78 is 2.89. The molecule has 0 N–H and O–H groups in total. The largest absolute Gasteiger partial charge is 0.341 e. The zero-order valence-electron chi connectivity index (χ0n) is 12.8. The minimum absolute atomic E-state index is 0.0219. The lowest BCUT2D eigenvalue weighted by Crippen LogP contribution is -2.35. The van der Waals surface area contributed by atoms with Crippen molar-refractivity contribution in [2.75, 3.05) is 13.1 Å². The van der Waals surface area contributed by atoms with E-state index >= 15 is 0 Å². The predicted molar refractivity (Wildman–Crippen MR) is 80.9 cm³/mol. The van der Waals surface area contributed by atoms with Gasteiger partial charge in [-0.2, -0.15) is 5.10 Å². The van der Waals surface area contributed by atoms with Gasteiger partial charge in [0, 0.05) is 24.8 Å². The van der Waals surface area contributed by atoms with E-state index in [1.807, 2.05) is 19.9 Å². The zero-order valence-corrected chi connectivity index (χ0v) is 12.8. The van der Waals surface area contributed by atoms with Crippen LogP contribution in [0, 0.1) is 13.8 Å². The lowest BCUT2D eigenvalue weighted by Gasteiger charge is -2.15. The van der Waals surface area contributed by atoms with Crippen LogP contribution in [0.3, 0.4) is 0 Å². The van der Waals surface area contributed by atoms with Gasteiger partial charge in [0.2, 0.25) is 5.91 Å². The van der Waals surface area contributed by atoms with E-state index < -0.39 is 0 Å². The molecule has 7 nitrogen and oxygen atoms in total. The van der Waals surface area contributed by atoms with Gasteiger partial charge in [0.1, 0.15) is 6.54 Å². The maximum Gasteiger partial charge on any atom is 0.267 e. The van der Waals surface area contributed by atoms with Crippen molar-refractivity contribution < 1.29 is 4.79 Å². The van der Waals surface area contributed by atoms with E-state index in [1.165, 1.54) is 10.7 Å². The topological polar surface area (TPSA) is 73.0 Å². The van der Waals surface area contributed by atoms with Crippen LogP contribution in [0.5, 0.6) is 0 Å². The second kappa shape index (κ2) is 5.75. The average molecular weight is 301 g/mol. The average Bonchev–Trinajstić information content (AvgIpc) is 3.11. The fraction of sp³-hybridized carbons (Fsp3) is 0.467. The first-order valence-corrected chi connectivity index (χ1v) is 7.44. The minimum atomic E-state index is -0.280. The van der Waals surface area contributed by atoms with E-state index in [2.05, 4.69) is 10.2 Å². The number of aromatic nitrogens is 4. The molecule has 1 fully saturated rings. The van der Waals surface area contributed by atoms with Crippen molar-refractivity contribution in [3.63, 3.8) is 0 Å². The molecule has 1 aliphatic rings. The quantitative estimate of drug-likeness (QED) is 0.835. The van der Waals surface area contributed by atoms with Gasteiger partial charge in [0.25, 0.3) is 5.56 Å². The molecule has 2 aromatic heterocycles. The summed E-state index contributed by atoms with van der Waals surface area (Å²) in [5, 5.41) is 8.64. The highest BCUT2D eigenvalue weighted by Gasteiger charge is 2.19. The second-order valence-corrected chi connectivity index (χ2v) is 5.61. The number of rotatable bonds is 3. The first-order valence-electron chi connectivity index (χ1n) is 7.44. The first kappa shape index (κ1) is 14.5. The molecule has 7 heteroatoms. The minimum Gasteiger partial charge on any atom is -0.341 e. The van der Waals surface area contributed by atoms with Gasteiger partial charge in [-0.3, -0.25) is 9.59 Å². The van der Waals surface area contributed by atoms with Gasteiger partial charge >= 0.3 is 0 Å². The summed E-state index contributed by atoms with van der Waals surface area (Å²) in [5.41, 5.74) is 1.53. The summed E-state index contributed by atoms with van der Waals surface area (Å²) in [6.07, 6.45) is 2.06.